The van der Waals surface area contributed by atoms with Crippen LogP contribution in [0.1, 0.15) is 73.3 Å². The maximum Gasteiger partial charge on any atom is 0.210 e. The number of rotatable bonds is 27. The van der Waals surface area contributed by atoms with Crippen LogP contribution in [-0.2, 0) is 6.42 Å². The number of aliphatic hydroxyl groups is 7. The van der Waals surface area contributed by atoms with Gasteiger partial charge in [-0.25, -0.2) is 5.21 Å². The van der Waals surface area contributed by atoms with E-state index in [4.69, 9.17) is 9.94 Å². The molecule has 0 aliphatic carbocycles. The number of hydrogen-bond acceptors (Lipinski definition) is 15. The summed E-state index contributed by atoms with van der Waals surface area (Å²) in [6.45, 7) is 13.1. The van der Waals surface area contributed by atoms with Gasteiger partial charge in [0.2, 0.25) is 6.29 Å². The number of quaternary nitrogens is 1. The van der Waals surface area contributed by atoms with Gasteiger partial charge in [0.1, 0.15) is 36.9 Å². The van der Waals surface area contributed by atoms with E-state index in [0.29, 0.717) is 25.7 Å². The molecular weight excluding hydrogens is 700 g/mol. The predicted molar refractivity (Wildman–Crippen MR) is 205 cm³/mol. The van der Waals surface area contributed by atoms with Gasteiger partial charge in [0.15, 0.2) is 5.69 Å². The number of ether oxygens (including phenoxy) is 1. The lowest BCUT2D eigenvalue weighted by molar-refractivity contribution is -0.991. The Bertz CT molecular complexity index is 1300. The highest BCUT2D eigenvalue weighted by molar-refractivity contribution is 5.35. The summed E-state index contributed by atoms with van der Waals surface area (Å²) in [6, 6.07) is 13.5. The normalized spacial score (nSPS) is 19.2. The lowest BCUT2D eigenvalue weighted by Gasteiger charge is -2.43. The van der Waals surface area contributed by atoms with Crippen LogP contribution in [0.4, 0.5) is 5.69 Å². The van der Waals surface area contributed by atoms with E-state index in [-0.39, 0.29) is 37.0 Å². The summed E-state index contributed by atoms with van der Waals surface area (Å²) in [7, 11) is 0. The summed E-state index contributed by atoms with van der Waals surface area (Å²) in [5.41, 5.74) is -0.405. The maximum atomic E-state index is 11.5. The lowest BCUT2D eigenvalue weighted by Crippen LogP contribution is -2.99. The molecule has 2 aromatic carbocycles. The van der Waals surface area contributed by atoms with Crippen LogP contribution < -0.4 is 36.5 Å². The van der Waals surface area contributed by atoms with Gasteiger partial charge in [0, 0.05) is 42.1 Å². The van der Waals surface area contributed by atoms with Crippen LogP contribution in [0.3, 0.4) is 0 Å². The summed E-state index contributed by atoms with van der Waals surface area (Å²) >= 11 is 0. The second-order valence-corrected chi connectivity index (χ2v) is 15.7. The molecule has 11 unspecified atom stereocenters. The van der Waals surface area contributed by atoms with E-state index in [1.807, 2.05) is 71.9 Å². The summed E-state index contributed by atoms with van der Waals surface area (Å²) in [5.74, 6) is 0.347. The van der Waals surface area contributed by atoms with Gasteiger partial charge in [-0.1, -0.05) is 71.9 Å². The minimum absolute atomic E-state index is 0.0721. The molecule has 0 fully saturated rings. The van der Waals surface area contributed by atoms with Crippen molar-refractivity contribution < 1.29 is 50.9 Å². The molecule has 0 heterocycles. The largest absolute Gasteiger partial charge is 0.595 e. The standard InChI is InChI=1S/C38H68N6O10/c1-8-38(7,36(51)40-20-25(4)45)23-37(5,6)35(50)41-21-31(46)42-30(19-26-12-10-9-11-13-26)34(49)43-29(18-24(2)3)33(48)39-22-32(47)54-28-16-14-27(15-17-28)44(52)53/h9-17,24-25,29-36,39-52H,8,18-23H2,1-7H3. The molecule has 0 bridgehead atoms. The Kier molecular flexibility index (Phi) is 20.4. The molecule has 2 aromatic rings. The topological polar surface area (TPSA) is 259 Å². The molecular formula is C38H68N6O10. The fourth-order valence-corrected chi connectivity index (χ4v) is 6.39. The van der Waals surface area contributed by atoms with Crippen molar-refractivity contribution in [1.82, 2.24) is 26.6 Å². The van der Waals surface area contributed by atoms with E-state index in [2.05, 4.69) is 26.6 Å². The molecule has 0 aliphatic rings. The predicted octanol–water partition coefficient (Wildman–Crippen LogP) is -0.433. The SMILES string of the molecule is CCC(C)(CC(C)(C)C(O)NCC(O)NC(Cc1ccccc1)C(O)NC(CC(C)C)C(O)NCC(O)Oc1ccc([NH+]([O-])O)cc1)C(O)NCC(C)O. The first-order valence-corrected chi connectivity index (χ1v) is 18.8. The first-order chi connectivity index (χ1) is 25.3. The Morgan fingerprint density at radius 2 is 1.35 bits per heavy atom. The summed E-state index contributed by atoms with van der Waals surface area (Å²) < 4.78 is 5.44. The van der Waals surface area contributed by atoms with E-state index >= 15 is 0 Å². The molecule has 0 amide bonds. The first kappa shape index (κ1) is 47.8. The molecule has 0 aromatic heterocycles. The average Bonchev–Trinajstić information content (AvgIpc) is 3.11. The van der Waals surface area contributed by atoms with Gasteiger partial charge in [-0.3, -0.25) is 26.6 Å². The van der Waals surface area contributed by atoms with Crippen molar-refractivity contribution in [2.24, 2.45) is 16.7 Å². The van der Waals surface area contributed by atoms with E-state index in [9.17, 15) is 41.0 Å². The molecule has 0 saturated carbocycles. The zero-order valence-corrected chi connectivity index (χ0v) is 32.8. The molecule has 0 aliphatic heterocycles. The van der Waals surface area contributed by atoms with Crippen LogP contribution in [0.5, 0.6) is 5.75 Å². The number of nitrogens with one attached hydrogen (secondary N) is 6. The van der Waals surface area contributed by atoms with Crippen LogP contribution in [0.15, 0.2) is 54.6 Å². The molecule has 0 radical (unpaired) electrons. The molecule has 0 saturated heterocycles. The summed E-state index contributed by atoms with van der Waals surface area (Å²) in [6.07, 6.45) is -5.94. The van der Waals surface area contributed by atoms with Gasteiger partial charge >= 0.3 is 0 Å². The van der Waals surface area contributed by atoms with Crippen molar-refractivity contribution in [1.29, 1.82) is 0 Å². The Balaban J connectivity index is 2.08. The average molecular weight is 769 g/mol. The van der Waals surface area contributed by atoms with Gasteiger partial charge in [-0.15, -0.1) is 0 Å². The molecule has 14 N–H and O–H groups in total. The third-order valence-electron chi connectivity index (χ3n) is 9.63. The Hall–Kier alpha value is -2.36. The highest BCUT2D eigenvalue weighted by Crippen LogP contribution is 2.40. The van der Waals surface area contributed by atoms with Crippen molar-refractivity contribution in [3.05, 3.63) is 65.4 Å². The molecule has 2 rings (SSSR count). The number of hydrogen-bond donors (Lipinski definition) is 14. The van der Waals surface area contributed by atoms with Crippen LogP contribution in [0.2, 0.25) is 0 Å². The van der Waals surface area contributed by atoms with Crippen molar-refractivity contribution in [2.75, 3.05) is 19.6 Å². The van der Waals surface area contributed by atoms with Crippen LogP contribution in [0, 0.1) is 22.0 Å². The summed E-state index contributed by atoms with van der Waals surface area (Å²) in [5, 5.41) is 110. The highest BCUT2D eigenvalue weighted by atomic mass is 16.8. The molecule has 54 heavy (non-hydrogen) atoms. The van der Waals surface area contributed by atoms with Crippen molar-refractivity contribution >= 4 is 5.69 Å². The first-order valence-electron chi connectivity index (χ1n) is 18.8. The fourth-order valence-electron chi connectivity index (χ4n) is 6.39. The van der Waals surface area contributed by atoms with Gasteiger partial charge in [0.25, 0.3) is 0 Å². The van der Waals surface area contributed by atoms with Crippen molar-refractivity contribution in [2.45, 2.75) is 130 Å². The van der Waals surface area contributed by atoms with E-state index < -0.39 is 71.7 Å². The zero-order chi connectivity index (χ0) is 40.6. The van der Waals surface area contributed by atoms with Crippen LogP contribution >= 0.6 is 0 Å². The highest BCUT2D eigenvalue weighted by Gasteiger charge is 2.40. The molecule has 310 valence electrons. The Morgan fingerprint density at radius 1 is 0.741 bits per heavy atom. The maximum absolute atomic E-state index is 11.5. The third kappa shape index (κ3) is 16.8. The lowest BCUT2D eigenvalue weighted by atomic mass is 9.70. The van der Waals surface area contributed by atoms with Crippen LogP contribution in [-0.4, -0.2) is 116 Å². The van der Waals surface area contributed by atoms with E-state index in [1.54, 1.807) is 6.92 Å². The van der Waals surface area contributed by atoms with E-state index in [1.165, 1.54) is 24.3 Å². The molecule has 11 atom stereocenters. The fraction of sp³-hybridized carbons (Fsp3) is 0.684. The van der Waals surface area contributed by atoms with E-state index in [0.717, 1.165) is 5.56 Å². The Morgan fingerprint density at radius 3 is 1.91 bits per heavy atom. The van der Waals surface area contributed by atoms with Gasteiger partial charge in [0.05, 0.1) is 18.7 Å². The van der Waals surface area contributed by atoms with Gasteiger partial charge in [-0.2, -0.15) is 5.23 Å². The number of benzene rings is 2. The molecule has 16 heteroatoms. The Labute approximate surface area is 320 Å². The smallest absolute Gasteiger partial charge is 0.210 e. The monoisotopic (exact) mass is 768 g/mol. The minimum atomic E-state index is -1.37. The molecule has 0 spiro atoms. The minimum Gasteiger partial charge on any atom is -0.595 e. The third-order valence-corrected chi connectivity index (χ3v) is 9.63. The van der Waals surface area contributed by atoms with Gasteiger partial charge in [-0.05, 0) is 56.2 Å². The van der Waals surface area contributed by atoms with Gasteiger partial charge < -0.3 is 45.7 Å². The van der Waals surface area contributed by atoms with Crippen molar-refractivity contribution in [3.63, 3.8) is 0 Å². The van der Waals surface area contributed by atoms with Crippen molar-refractivity contribution in [3.8, 4) is 5.75 Å². The second kappa shape index (κ2) is 23.0. The molecule has 16 nitrogen and oxygen atoms in total. The second-order valence-electron chi connectivity index (χ2n) is 15.7. The summed E-state index contributed by atoms with van der Waals surface area (Å²) in [4.78, 5) is 0. The van der Waals surface area contributed by atoms with Crippen LogP contribution in [0.25, 0.3) is 0 Å². The number of aliphatic hydroxyl groups excluding tert-OH is 7. The zero-order valence-electron chi connectivity index (χ0n) is 32.8. The quantitative estimate of drug-likeness (QED) is 0.0406.